The highest BCUT2D eigenvalue weighted by molar-refractivity contribution is 14.1. The highest BCUT2D eigenvalue weighted by Gasteiger charge is 2.10. The number of carbonyl (C=O) groups excluding carboxylic acids is 1. The number of methoxy groups -OCH3 is 3. The summed E-state index contributed by atoms with van der Waals surface area (Å²) in [7, 11) is 4.64. The summed E-state index contributed by atoms with van der Waals surface area (Å²) in [6.07, 6.45) is 0.698. The fourth-order valence-electron chi connectivity index (χ4n) is 1.67. The Bertz CT molecular complexity index is 748. The molecule has 0 aliphatic carbocycles. The van der Waals surface area contributed by atoms with Gasteiger partial charge < -0.3 is 14.2 Å². The Hall–Kier alpha value is -0.430. The number of hydrogen-bond acceptors (Lipinski definition) is 6. The highest BCUT2D eigenvalue weighted by Crippen LogP contribution is 2.25. The zero-order valence-electron chi connectivity index (χ0n) is 13.5. The van der Waals surface area contributed by atoms with Gasteiger partial charge in [0.05, 0.1) is 32.0 Å². The zero-order valence-corrected chi connectivity index (χ0v) is 19.3. The van der Waals surface area contributed by atoms with Gasteiger partial charge in [-0.2, -0.15) is 0 Å². The van der Waals surface area contributed by atoms with Crippen LogP contribution in [0.2, 0.25) is 10.3 Å². The van der Waals surface area contributed by atoms with Crippen LogP contribution in [0.5, 0.6) is 11.8 Å². The quantitative estimate of drug-likeness (QED) is 0.279. The minimum absolute atomic E-state index is 0.266. The molecule has 6 nitrogen and oxygen atoms in total. The second-order valence-electron chi connectivity index (χ2n) is 4.32. The molecule has 0 radical (unpaired) electrons. The van der Waals surface area contributed by atoms with Crippen LogP contribution in [0, 0.1) is 7.14 Å². The highest BCUT2D eigenvalue weighted by atomic mass is 127. The Morgan fingerprint density at radius 2 is 1.52 bits per heavy atom. The smallest absolute Gasteiger partial charge is 0.226 e. The second-order valence-corrected chi connectivity index (χ2v) is 7.41. The van der Waals surface area contributed by atoms with Crippen LogP contribution in [0.25, 0.3) is 0 Å². The van der Waals surface area contributed by atoms with Crippen LogP contribution in [0.15, 0.2) is 12.1 Å². The number of aromatic nitrogens is 2. The van der Waals surface area contributed by atoms with Crippen molar-refractivity contribution >= 4 is 74.7 Å². The molecule has 0 aromatic carbocycles. The molecule has 10 heteroatoms. The number of carbonyl (C=O) groups is 1. The number of halogens is 4. The van der Waals surface area contributed by atoms with E-state index in [2.05, 4.69) is 32.6 Å². The first-order valence-electron chi connectivity index (χ1n) is 6.60. The van der Waals surface area contributed by atoms with E-state index in [1.54, 1.807) is 26.4 Å². The lowest BCUT2D eigenvalue weighted by atomic mass is 10.3. The van der Waals surface area contributed by atoms with Crippen molar-refractivity contribution in [2.75, 3.05) is 21.3 Å². The standard InChI is InChI=1S/C8H9ClINO2.C7H5ClINO2/c1-12-4-5-6(10)3-7(9)11-8(5)13-2;1-12-7-4(3-11)5(9)2-6(8)10-7/h3H,4H2,1-2H3;2-3H,1H3. The van der Waals surface area contributed by atoms with E-state index in [1.165, 1.54) is 7.11 Å². The molecule has 0 atom stereocenters. The van der Waals surface area contributed by atoms with Crippen molar-refractivity contribution in [3.63, 3.8) is 0 Å². The van der Waals surface area contributed by atoms with Gasteiger partial charge in [0.25, 0.3) is 0 Å². The molecule has 136 valence electrons. The van der Waals surface area contributed by atoms with Gasteiger partial charge in [-0.1, -0.05) is 23.2 Å². The molecule has 0 spiro atoms. The van der Waals surface area contributed by atoms with Crippen LogP contribution in [0.4, 0.5) is 0 Å². The third kappa shape index (κ3) is 6.66. The first kappa shape index (κ1) is 22.6. The van der Waals surface area contributed by atoms with Crippen LogP contribution in [-0.4, -0.2) is 37.6 Å². The third-order valence-electron chi connectivity index (χ3n) is 2.74. The Morgan fingerprint density at radius 1 is 1.00 bits per heavy atom. The van der Waals surface area contributed by atoms with Gasteiger partial charge in [-0.3, -0.25) is 4.79 Å². The van der Waals surface area contributed by atoms with Gasteiger partial charge in [0.15, 0.2) is 6.29 Å². The maximum atomic E-state index is 10.6. The maximum Gasteiger partial charge on any atom is 0.226 e. The Morgan fingerprint density at radius 3 is 2.00 bits per heavy atom. The van der Waals surface area contributed by atoms with E-state index in [9.17, 15) is 4.79 Å². The van der Waals surface area contributed by atoms with Crippen molar-refractivity contribution in [1.29, 1.82) is 0 Å². The van der Waals surface area contributed by atoms with Gasteiger partial charge in [0, 0.05) is 14.3 Å². The molecule has 0 bridgehead atoms. The van der Waals surface area contributed by atoms with E-state index in [1.807, 2.05) is 22.6 Å². The summed E-state index contributed by atoms with van der Waals surface area (Å²) in [5.41, 5.74) is 1.36. The molecule has 0 unspecified atom stereocenters. The Balaban J connectivity index is 0.000000251. The van der Waals surface area contributed by atoms with Gasteiger partial charge >= 0.3 is 0 Å². The number of ether oxygens (including phenoxy) is 3. The predicted octanol–water partition coefficient (Wildman–Crippen LogP) is 4.66. The molecular formula is C15H14Cl2I2N2O4. The molecule has 0 saturated carbocycles. The molecule has 0 amide bonds. The average Bonchev–Trinajstić information content (AvgIpc) is 2.57. The third-order valence-corrected chi connectivity index (χ3v) is 4.98. The summed E-state index contributed by atoms with van der Waals surface area (Å²) in [6.45, 7) is 0.478. The first-order valence-corrected chi connectivity index (χ1v) is 9.52. The van der Waals surface area contributed by atoms with Gasteiger partial charge in [-0.05, 0) is 57.3 Å². The van der Waals surface area contributed by atoms with Gasteiger partial charge in [-0.25, -0.2) is 9.97 Å². The number of pyridine rings is 2. The van der Waals surface area contributed by atoms with Crippen molar-refractivity contribution in [2.24, 2.45) is 0 Å². The number of aldehydes is 1. The summed E-state index contributed by atoms with van der Waals surface area (Å²) >= 11 is 15.6. The summed E-state index contributed by atoms with van der Waals surface area (Å²) in [5, 5.41) is 0.753. The van der Waals surface area contributed by atoms with E-state index in [-0.39, 0.29) is 5.88 Å². The maximum absolute atomic E-state index is 10.6. The van der Waals surface area contributed by atoms with E-state index in [0.717, 1.165) is 12.7 Å². The van der Waals surface area contributed by atoms with Gasteiger partial charge in [-0.15, -0.1) is 0 Å². The molecule has 0 N–H and O–H groups in total. The van der Waals surface area contributed by atoms with E-state index < -0.39 is 0 Å². The van der Waals surface area contributed by atoms with Crippen molar-refractivity contribution < 1.29 is 19.0 Å². The molecule has 2 aromatic heterocycles. The SMILES string of the molecule is COCc1c(I)cc(Cl)nc1OC.COc1nc(Cl)cc(I)c1C=O. The summed E-state index contributed by atoms with van der Waals surface area (Å²) in [6, 6.07) is 3.38. The fourth-order valence-corrected chi connectivity index (χ4v) is 3.74. The average molecular weight is 611 g/mol. The van der Waals surface area contributed by atoms with Gasteiger partial charge in [0.2, 0.25) is 11.8 Å². The van der Waals surface area contributed by atoms with Crippen LogP contribution in [0.1, 0.15) is 15.9 Å². The summed E-state index contributed by atoms with van der Waals surface area (Å²) < 4.78 is 16.7. The van der Waals surface area contributed by atoms with Crippen LogP contribution in [0.3, 0.4) is 0 Å². The topological polar surface area (TPSA) is 70.5 Å². The molecule has 2 rings (SSSR count). The predicted molar refractivity (Wildman–Crippen MR) is 113 cm³/mol. The number of rotatable bonds is 5. The van der Waals surface area contributed by atoms with Crippen molar-refractivity contribution in [1.82, 2.24) is 9.97 Å². The fraction of sp³-hybridized carbons (Fsp3) is 0.267. The molecule has 0 saturated heterocycles. The molecule has 2 aromatic rings. The Labute approximate surface area is 182 Å². The molecule has 0 aliphatic heterocycles. The minimum atomic E-state index is 0.266. The second kappa shape index (κ2) is 11.3. The molecule has 2 heterocycles. The first-order chi connectivity index (χ1) is 11.9. The van der Waals surface area contributed by atoms with E-state index in [0.29, 0.717) is 34.6 Å². The van der Waals surface area contributed by atoms with Crippen LogP contribution in [-0.2, 0) is 11.3 Å². The summed E-state index contributed by atoms with van der Waals surface area (Å²) in [5.74, 6) is 0.792. The molecule has 25 heavy (non-hydrogen) atoms. The van der Waals surface area contributed by atoms with Crippen molar-refractivity contribution in [3.05, 3.63) is 40.7 Å². The minimum Gasteiger partial charge on any atom is -0.481 e. The molecule has 0 aliphatic rings. The lowest BCUT2D eigenvalue weighted by molar-refractivity contribution is 0.111. The summed E-state index contributed by atoms with van der Waals surface area (Å²) in [4.78, 5) is 18.4. The van der Waals surface area contributed by atoms with E-state index in [4.69, 9.17) is 37.4 Å². The van der Waals surface area contributed by atoms with Crippen LogP contribution < -0.4 is 9.47 Å². The largest absolute Gasteiger partial charge is 0.481 e. The lowest BCUT2D eigenvalue weighted by Crippen LogP contribution is -1.99. The number of hydrogen-bond donors (Lipinski definition) is 0. The van der Waals surface area contributed by atoms with Crippen LogP contribution >= 0.6 is 68.4 Å². The zero-order chi connectivity index (χ0) is 19.0. The van der Waals surface area contributed by atoms with Crippen molar-refractivity contribution in [2.45, 2.75) is 6.61 Å². The normalized spacial score (nSPS) is 9.88. The number of nitrogens with zero attached hydrogens (tertiary/aromatic N) is 2. The van der Waals surface area contributed by atoms with E-state index >= 15 is 0 Å². The van der Waals surface area contributed by atoms with Gasteiger partial charge in [0.1, 0.15) is 10.3 Å². The molecular weight excluding hydrogens is 597 g/mol. The molecule has 0 fully saturated rings. The lowest BCUT2D eigenvalue weighted by Gasteiger charge is -2.08. The Kier molecular flexibility index (Phi) is 10.2. The van der Waals surface area contributed by atoms with Crippen molar-refractivity contribution in [3.8, 4) is 11.8 Å². The monoisotopic (exact) mass is 610 g/mol.